The van der Waals surface area contributed by atoms with E-state index in [1.54, 1.807) is 0 Å². The number of hydrogen-bond acceptors (Lipinski definition) is 4. The van der Waals surface area contributed by atoms with Gasteiger partial charge in [-0.25, -0.2) is 0 Å². The van der Waals surface area contributed by atoms with E-state index in [0.717, 1.165) is 71.0 Å². The lowest BCUT2D eigenvalue weighted by Crippen LogP contribution is -2.54. The summed E-state index contributed by atoms with van der Waals surface area (Å²) >= 11 is 0. The van der Waals surface area contributed by atoms with Crippen LogP contribution in [0.15, 0.2) is 4.99 Å². The van der Waals surface area contributed by atoms with Crippen LogP contribution in [0.4, 0.5) is 0 Å². The molecule has 1 amide bonds. The molecule has 0 unspecified atom stereocenters. The van der Waals surface area contributed by atoms with E-state index in [9.17, 15) is 4.79 Å². The molecule has 1 aliphatic heterocycles. The smallest absolute Gasteiger partial charge is 0.234 e. The van der Waals surface area contributed by atoms with Crippen molar-refractivity contribution in [3.63, 3.8) is 0 Å². The van der Waals surface area contributed by atoms with E-state index in [1.807, 2.05) is 0 Å². The van der Waals surface area contributed by atoms with Crippen molar-refractivity contribution < 1.29 is 4.79 Å². The van der Waals surface area contributed by atoms with Crippen molar-refractivity contribution in [2.24, 2.45) is 4.99 Å². The molecule has 1 aliphatic carbocycles. The molecule has 2 N–H and O–H groups in total. The van der Waals surface area contributed by atoms with E-state index in [1.165, 1.54) is 0 Å². The molecular weight excluding hydrogens is 352 g/mol. The highest BCUT2D eigenvalue weighted by atomic mass is 16.2. The Kier molecular flexibility index (Phi) is 9.51. The van der Waals surface area contributed by atoms with Crippen LogP contribution in [-0.2, 0) is 4.79 Å². The maximum absolute atomic E-state index is 12.0. The third-order valence-electron chi connectivity index (χ3n) is 5.48. The second kappa shape index (κ2) is 11.6. The van der Waals surface area contributed by atoms with Crippen molar-refractivity contribution >= 4 is 11.9 Å². The lowest BCUT2D eigenvalue weighted by molar-refractivity contribution is -0.122. The molecule has 0 aromatic heterocycles. The molecule has 1 saturated heterocycles. The van der Waals surface area contributed by atoms with Crippen LogP contribution < -0.4 is 10.6 Å². The van der Waals surface area contributed by atoms with Gasteiger partial charge in [0.25, 0.3) is 0 Å². The molecule has 2 aliphatic rings. The summed E-state index contributed by atoms with van der Waals surface area (Å²) in [6, 6.07) is 1.59. The van der Waals surface area contributed by atoms with Gasteiger partial charge in [0, 0.05) is 63.9 Å². The van der Waals surface area contributed by atoms with E-state index in [0.29, 0.717) is 24.7 Å². The van der Waals surface area contributed by atoms with E-state index < -0.39 is 0 Å². The maximum atomic E-state index is 12.0. The molecule has 0 aromatic rings. The van der Waals surface area contributed by atoms with Crippen LogP contribution in [0.3, 0.4) is 0 Å². The van der Waals surface area contributed by atoms with Gasteiger partial charge in [-0.1, -0.05) is 0 Å². The van der Waals surface area contributed by atoms with E-state index >= 15 is 0 Å². The van der Waals surface area contributed by atoms with Gasteiger partial charge in [-0.05, 0) is 53.9 Å². The van der Waals surface area contributed by atoms with Crippen molar-refractivity contribution in [2.75, 3.05) is 52.4 Å². The zero-order chi connectivity index (χ0) is 20.5. The Bertz CT molecular complexity index is 487. The summed E-state index contributed by atoms with van der Waals surface area (Å²) in [5.74, 6) is 1.20. The summed E-state index contributed by atoms with van der Waals surface area (Å²) in [5.41, 5.74) is 0. The van der Waals surface area contributed by atoms with Gasteiger partial charge in [-0.3, -0.25) is 19.6 Å². The molecule has 7 nitrogen and oxygen atoms in total. The second-order valence-corrected chi connectivity index (χ2v) is 8.62. The molecule has 0 spiro atoms. The Balaban J connectivity index is 1.74. The number of carbonyl (C=O) groups is 1. The summed E-state index contributed by atoms with van der Waals surface area (Å²) in [7, 11) is 0. The highest BCUT2D eigenvalue weighted by molar-refractivity contribution is 5.80. The zero-order valence-corrected chi connectivity index (χ0v) is 18.7. The molecule has 0 aromatic carbocycles. The molecule has 1 saturated carbocycles. The normalized spacial score (nSPS) is 19.0. The highest BCUT2D eigenvalue weighted by Gasteiger charge is 2.25. The molecule has 0 radical (unpaired) electrons. The third kappa shape index (κ3) is 7.95. The molecule has 2 rings (SSSR count). The molecule has 28 heavy (non-hydrogen) atoms. The van der Waals surface area contributed by atoms with Gasteiger partial charge in [0.1, 0.15) is 0 Å². The van der Waals surface area contributed by atoms with Crippen LogP contribution in [0.2, 0.25) is 0 Å². The summed E-state index contributed by atoms with van der Waals surface area (Å²) in [6.45, 7) is 18.2. The van der Waals surface area contributed by atoms with Crippen LogP contribution in [0.5, 0.6) is 0 Å². The highest BCUT2D eigenvalue weighted by Crippen LogP contribution is 2.18. The fourth-order valence-corrected chi connectivity index (χ4v) is 3.80. The van der Waals surface area contributed by atoms with Gasteiger partial charge >= 0.3 is 0 Å². The standard InChI is InChI=1S/C21H42N6O/c1-6-22-21(23-10-7-11-27(17(2)3)18(4)5)26-14-12-25(13-15-26)16-20(28)24-19-8-9-19/h17-19H,6-16H2,1-5H3,(H,22,23)(H,24,28). The predicted octanol–water partition coefficient (Wildman–Crippen LogP) is 1.36. The first-order valence-corrected chi connectivity index (χ1v) is 11.2. The molecule has 7 heteroatoms. The van der Waals surface area contributed by atoms with Crippen molar-refractivity contribution in [3.05, 3.63) is 0 Å². The predicted molar refractivity (Wildman–Crippen MR) is 117 cm³/mol. The van der Waals surface area contributed by atoms with Crippen LogP contribution in [0, 0.1) is 0 Å². The van der Waals surface area contributed by atoms with E-state index in [4.69, 9.17) is 4.99 Å². The van der Waals surface area contributed by atoms with E-state index in [2.05, 4.69) is 60.0 Å². The second-order valence-electron chi connectivity index (χ2n) is 8.62. The summed E-state index contributed by atoms with van der Waals surface area (Å²) in [4.78, 5) is 24.0. The maximum Gasteiger partial charge on any atom is 0.234 e. The van der Waals surface area contributed by atoms with Gasteiger partial charge in [0.2, 0.25) is 5.91 Å². The Labute approximate surface area is 171 Å². The minimum Gasteiger partial charge on any atom is -0.357 e. The lowest BCUT2D eigenvalue weighted by atomic mass is 10.2. The number of hydrogen-bond donors (Lipinski definition) is 2. The quantitative estimate of drug-likeness (QED) is 0.333. The summed E-state index contributed by atoms with van der Waals surface area (Å²) in [6.07, 6.45) is 3.37. The largest absolute Gasteiger partial charge is 0.357 e. The van der Waals surface area contributed by atoms with Crippen molar-refractivity contribution in [2.45, 2.75) is 72.0 Å². The first-order valence-electron chi connectivity index (χ1n) is 11.2. The Hall–Kier alpha value is -1.34. The van der Waals surface area contributed by atoms with Crippen molar-refractivity contribution in [1.82, 2.24) is 25.3 Å². The summed E-state index contributed by atoms with van der Waals surface area (Å²) < 4.78 is 0. The van der Waals surface area contributed by atoms with Gasteiger partial charge in [0.15, 0.2) is 5.96 Å². The van der Waals surface area contributed by atoms with Crippen LogP contribution in [0.25, 0.3) is 0 Å². The number of nitrogens with one attached hydrogen (secondary N) is 2. The minimum absolute atomic E-state index is 0.177. The molecular formula is C21H42N6O. The first kappa shape index (κ1) is 22.9. The molecule has 1 heterocycles. The Morgan fingerprint density at radius 1 is 1.11 bits per heavy atom. The van der Waals surface area contributed by atoms with Gasteiger partial charge in [-0.15, -0.1) is 0 Å². The molecule has 0 bridgehead atoms. The fraction of sp³-hybridized carbons (Fsp3) is 0.905. The summed E-state index contributed by atoms with van der Waals surface area (Å²) in [5, 5.41) is 6.52. The topological polar surface area (TPSA) is 63.2 Å². The molecule has 2 fully saturated rings. The van der Waals surface area contributed by atoms with E-state index in [-0.39, 0.29) is 5.91 Å². The number of guanidine groups is 1. The van der Waals surface area contributed by atoms with Gasteiger partial charge in [-0.2, -0.15) is 0 Å². The molecule has 162 valence electrons. The number of rotatable bonds is 10. The average Bonchev–Trinajstić information content (AvgIpc) is 3.44. The Morgan fingerprint density at radius 2 is 1.75 bits per heavy atom. The lowest BCUT2D eigenvalue weighted by Gasteiger charge is -2.36. The number of piperazine rings is 1. The number of aliphatic imine (C=N–C) groups is 1. The average molecular weight is 395 g/mol. The number of amides is 1. The zero-order valence-electron chi connectivity index (χ0n) is 18.7. The van der Waals surface area contributed by atoms with Crippen LogP contribution in [-0.4, -0.2) is 97.1 Å². The SMILES string of the molecule is CCNC(=NCCCN(C(C)C)C(C)C)N1CCN(CC(=O)NC2CC2)CC1. The number of carbonyl (C=O) groups excluding carboxylic acids is 1. The van der Waals surface area contributed by atoms with Gasteiger partial charge < -0.3 is 15.5 Å². The van der Waals surface area contributed by atoms with Gasteiger partial charge in [0.05, 0.1) is 6.54 Å². The first-order chi connectivity index (χ1) is 13.4. The monoisotopic (exact) mass is 394 g/mol. The van der Waals surface area contributed by atoms with Crippen LogP contribution in [0.1, 0.15) is 53.9 Å². The number of nitrogens with zero attached hydrogens (tertiary/aromatic N) is 4. The van der Waals surface area contributed by atoms with Crippen LogP contribution >= 0.6 is 0 Å². The molecule has 0 atom stereocenters. The van der Waals surface area contributed by atoms with Crippen molar-refractivity contribution in [3.8, 4) is 0 Å². The fourth-order valence-electron chi connectivity index (χ4n) is 3.80. The third-order valence-corrected chi connectivity index (χ3v) is 5.48. The minimum atomic E-state index is 0.177. The Morgan fingerprint density at radius 3 is 2.29 bits per heavy atom. The van der Waals surface area contributed by atoms with Crippen molar-refractivity contribution in [1.29, 1.82) is 0 Å².